The highest BCUT2D eigenvalue weighted by molar-refractivity contribution is 5.86. The fourth-order valence-electron chi connectivity index (χ4n) is 2.05. The Balaban J connectivity index is 2.33. The van der Waals surface area contributed by atoms with Crippen LogP contribution in [0.25, 0.3) is 12.2 Å². The van der Waals surface area contributed by atoms with Crippen molar-refractivity contribution in [1.82, 2.24) is 4.90 Å². The second-order valence-electron chi connectivity index (χ2n) is 4.31. The number of fused-ring (bicyclic) bond motifs is 1. The zero-order valence-electron chi connectivity index (χ0n) is 10.3. The number of likely N-dealkylation sites (N-methyl/N-ethyl adjacent to an activating group) is 1. The van der Waals surface area contributed by atoms with Crippen molar-refractivity contribution in [2.24, 2.45) is 0 Å². The van der Waals surface area contributed by atoms with E-state index in [-0.39, 0.29) is 5.91 Å². The van der Waals surface area contributed by atoms with Crippen molar-refractivity contribution in [3.05, 3.63) is 34.6 Å². The molecule has 0 bridgehead atoms. The van der Waals surface area contributed by atoms with Crippen molar-refractivity contribution in [2.45, 2.75) is 26.3 Å². The Bertz CT molecular complexity index is 566. The quantitative estimate of drug-likeness (QED) is 0.730. The van der Waals surface area contributed by atoms with Gasteiger partial charge in [-0.3, -0.25) is 4.79 Å². The maximum atomic E-state index is 11.4. The van der Waals surface area contributed by atoms with Crippen LogP contribution in [-0.2, 0) is 11.3 Å². The SMILES string of the molecule is C=CC(=O)N(C)Cc1oc2c(c1C)=CCCC=2. The van der Waals surface area contributed by atoms with Gasteiger partial charge in [-0.25, -0.2) is 0 Å². The predicted octanol–water partition coefficient (Wildman–Crippen LogP) is 1.09. The summed E-state index contributed by atoms with van der Waals surface area (Å²) < 4.78 is 5.79. The minimum absolute atomic E-state index is 0.0910. The smallest absolute Gasteiger partial charge is 0.246 e. The van der Waals surface area contributed by atoms with Gasteiger partial charge < -0.3 is 9.32 Å². The van der Waals surface area contributed by atoms with Gasteiger partial charge in [0.15, 0.2) is 0 Å². The topological polar surface area (TPSA) is 33.5 Å². The van der Waals surface area contributed by atoms with Crippen LogP contribution in [0, 0.1) is 6.92 Å². The molecule has 2 rings (SSSR count). The molecule has 3 nitrogen and oxygen atoms in total. The number of furan rings is 1. The summed E-state index contributed by atoms with van der Waals surface area (Å²) in [6.45, 7) is 6.01. The van der Waals surface area contributed by atoms with Crippen molar-refractivity contribution in [3.63, 3.8) is 0 Å². The van der Waals surface area contributed by atoms with Gasteiger partial charge in [0.25, 0.3) is 0 Å². The zero-order valence-corrected chi connectivity index (χ0v) is 10.3. The number of carbonyl (C=O) groups is 1. The van der Waals surface area contributed by atoms with Gasteiger partial charge in [-0.15, -0.1) is 0 Å². The van der Waals surface area contributed by atoms with E-state index in [9.17, 15) is 4.79 Å². The monoisotopic (exact) mass is 231 g/mol. The Morgan fingerprint density at radius 1 is 1.53 bits per heavy atom. The van der Waals surface area contributed by atoms with E-state index in [1.807, 2.05) is 6.92 Å². The summed E-state index contributed by atoms with van der Waals surface area (Å²) in [5, 5.41) is 1.19. The number of hydrogen-bond acceptors (Lipinski definition) is 2. The molecule has 0 atom stereocenters. The summed E-state index contributed by atoms with van der Waals surface area (Å²) in [5.74, 6) is 0.772. The van der Waals surface area contributed by atoms with Crippen LogP contribution in [0.15, 0.2) is 17.1 Å². The van der Waals surface area contributed by atoms with E-state index in [4.69, 9.17) is 4.42 Å². The molecule has 0 N–H and O–H groups in total. The van der Waals surface area contributed by atoms with E-state index in [1.54, 1.807) is 11.9 Å². The van der Waals surface area contributed by atoms with Crippen molar-refractivity contribution in [3.8, 4) is 0 Å². The summed E-state index contributed by atoms with van der Waals surface area (Å²) in [6.07, 6.45) is 7.72. The number of rotatable bonds is 3. The highest BCUT2D eigenvalue weighted by Gasteiger charge is 2.13. The summed E-state index contributed by atoms with van der Waals surface area (Å²) in [4.78, 5) is 13.0. The van der Waals surface area contributed by atoms with Gasteiger partial charge in [0.1, 0.15) is 11.2 Å². The number of amides is 1. The molecule has 0 unspecified atom stereocenters. The van der Waals surface area contributed by atoms with Crippen LogP contribution in [0.4, 0.5) is 0 Å². The third-order valence-corrected chi connectivity index (χ3v) is 3.10. The van der Waals surface area contributed by atoms with Gasteiger partial charge in [0.2, 0.25) is 5.91 Å². The van der Waals surface area contributed by atoms with E-state index >= 15 is 0 Å². The van der Waals surface area contributed by atoms with Crippen LogP contribution in [0.3, 0.4) is 0 Å². The van der Waals surface area contributed by atoms with Gasteiger partial charge >= 0.3 is 0 Å². The van der Waals surface area contributed by atoms with E-state index in [0.29, 0.717) is 6.54 Å². The van der Waals surface area contributed by atoms with Gasteiger partial charge in [0.05, 0.1) is 6.54 Å². The Morgan fingerprint density at radius 2 is 2.24 bits per heavy atom. The van der Waals surface area contributed by atoms with E-state index in [1.165, 1.54) is 11.3 Å². The van der Waals surface area contributed by atoms with E-state index < -0.39 is 0 Å². The molecule has 1 heterocycles. The van der Waals surface area contributed by atoms with Crippen LogP contribution >= 0.6 is 0 Å². The lowest BCUT2D eigenvalue weighted by Crippen LogP contribution is -2.24. The Kier molecular flexibility index (Phi) is 3.18. The molecule has 17 heavy (non-hydrogen) atoms. The van der Waals surface area contributed by atoms with Crippen LogP contribution in [0.1, 0.15) is 24.2 Å². The van der Waals surface area contributed by atoms with Crippen molar-refractivity contribution in [2.75, 3.05) is 7.05 Å². The maximum absolute atomic E-state index is 11.4. The average Bonchev–Trinajstić information content (AvgIpc) is 2.66. The first-order chi connectivity index (χ1) is 8.13. The number of carbonyl (C=O) groups excluding carboxylic acids is 1. The second-order valence-corrected chi connectivity index (χ2v) is 4.31. The molecule has 1 amide bonds. The molecular weight excluding hydrogens is 214 g/mol. The summed E-state index contributed by atoms with van der Waals surface area (Å²) in [7, 11) is 1.75. The molecule has 0 aliphatic heterocycles. The summed E-state index contributed by atoms with van der Waals surface area (Å²) in [6, 6.07) is 0. The molecular formula is C14H17NO2. The highest BCUT2D eigenvalue weighted by atomic mass is 16.3. The van der Waals surface area contributed by atoms with Crippen LogP contribution in [0.5, 0.6) is 0 Å². The average molecular weight is 231 g/mol. The van der Waals surface area contributed by atoms with Gasteiger partial charge in [-0.2, -0.15) is 0 Å². The first kappa shape index (κ1) is 11.7. The molecule has 0 fully saturated rings. The zero-order chi connectivity index (χ0) is 12.4. The molecule has 0 saturated heterocycles. The van der Waals surface area contributed by atoms with Crippen LogP contribution in [-0.4, -0.2) is 17.9 Å². The Labute approximate surface area is 101 Å². The van der Waals surface area contributed by atoms with Gasteiger partial charge in [-0.1, -0.05) is 12.7 Å². The fourth-order valence-corrected chi connectivity index (χ4v) is 2.05. The molecule has 0 spiro atoms. The second kappa shape index (κ2) is 4.62. The van der Waals surface area contributed by atoms with Crippen molar-refractivity contribution >= 4 is 18.1 Å². The maximum Gasteiger partial charge on any atom is 0.246 e. The van der Waals surface area contributed by atoms with Crippen molar-refractivity contribution < 1.29 is 9.21 Å². The standard InChI is InChI=1S/C14H17NO2/c1-4-14(16)15(3)9-13-10(2)11-7-5-6-8-12(11)17-13/h4,7-8H,1,5-6,9H2,2-3H3. The number of hydrogen-bond donors (Lipinski definition) is 0. The molecule has 0 radical (unpaired) electrons. The first-order valence-electron chi connectivity index (χ1n) is 5.79. The van der Waals surface area contributed by atoms with Crippen molar-refractivity contribution in [1.29, 1.82) is 0 Å². The predicted molar refractivity (Wildman–Crippen MR) is 67.5 cm³/mol. The molecule has 1 aliphatic carbocycles. The first-order valence-corrected chi connectivity index (χ1v) is 5.79. The molecule has 1 aromatic rings. The summed E-state index contributed by atoms with van der Waals surface area (Å²) >= 11 is 0. The normalized spacial score (nSPS) is 13.3. The lowest BCUT2D eigenvalue weighted by Gasteiger charge is -2.13. The van der Waals surface area contributed by atoms with Gasteiger partial charge in [0, 0.05) is 12.3 Å². The van der Waals surface area contributed by atoms with Gasteiger partial charge in [-0.05, 0) is 37.5 Å². The highest BCUT2D eigenvalue weighted by Crippen LogP contribution is 2.07. The van der Waals surface area contributed by atoms with E-state index in [0.717, 1.165) is 29.6 Å². The minimum Gasteiger partial charge on any atom is -0.459 e. The number of nitrogens with zero attached hydrogens (tertiary/aromatic N) is 1. The largest absolute Gasteiger partial charge is 0.459 e. The van der Waals surface area contributed by atoms with Crippen LogP contribution < -0.4 is 10.6 Å². The molecule has 1 aromatic heterocycles. The third kappa shape index (κ3) is 2.18. The van der Waals surface area contributed by atoms with E-state index in [2.05, 4.69) is 18.7 Å². The fraction of sp³-hybridized carbons (Fsp3) is 0.357. The van der Waals surface area contributed by atoms with Crippen LogP contribution in [0.2, 0.25) is 0 Å². The Morgan fingerprint density at radius 3 is 2.88 bits per heavy atom. The molecule has 1 aliphatic rings. The minimum atomic E-state index is -0.0910. The lowest BCUT2D eigenvalue weighted by atomic mass is 10.1. The molecule has 90 valence electrons. The Hall–Kier alpha value is -1.77. The lowest BCUT2D eigenvalue weighted by molar-refractivity contribution is -0.125. The molecule has 3 heteroatoms. The molecule has 0 aromatic carbocycles. The molecule has 0 saturated carbocycles. The summed E-state index contributed by atoms with van der Waals surface area (Å²) in [5.41, 5.74) is 2.09. The third-order valence-electron chi connectivity index (χ3n) is 3.10.